The van der Waals surface area contributed by atoms with Crippen LogP contribution in [0.1, 0.15) is 42.6 Å². The van der Waals surface area contributed by atoms with Gasteiger partial charge in [0.2, 0.25) is 11.3 Å². The first-order valence-electron chi connectivity index (χ1n) is 9.80. The normalized spacial score (nSPS) is 18.6. The molecular formula is C20H25ClF2N4O5. The van der Waals surface area contributed by atoms with Crippen molar-refractivity contribution in [3.63, 3.8) is 0 Å². The number of pyridine rings is 1. The molecule has 2 fully saturated rings. The van der Waals surface area contributed by atoms with Crippen LogP contribution < -0.4 is 21.4 Å². The van der Waals surface area contributed by atoms with Crippen molar-refractivity contribution in [1.29, 1.82) is 0 Å². The highest BCUT2D eigenvalue weighted by Crippen LogP contribution is 2.40. The van der Waals surface area contributed by atoms with Gasteiger partial charge in [-0.2, -0.15) is 0 Å². The molecule has 2 heterocycles. The number of carboxylic acids is 1. The van der Waals surface area contributed by atoms with Crippen LogP contribution in [-0.2, 0) is 4.79 Å². The highest BCUT2D eigenvalue weighted by molar-refractivity contribution is 5.94. The minimum Gasteiger partial charge on any atom is -0.477 e. The Bertz CT molecular complexity index is 1120. The van der Waals surface area contributed by atoms with Crippen LogP contribution in [-0.4, -0.2) is 52.2 Å². The van der Waals surface area contributed by atoms with Gasteiger partial charge in [-0.25, -0.2) is 13.6 Å². The van der Waals surface area contributed by atoms with E-state index in [2.05, 4.69) is 5.32 Å². The Hall–Kier alpha value is -2.76. The summed E-state index contributed by atoms with van der Waals surface area (Å²) in [5.74, 6) is -3.62. The van der Waals surface area contributed by atoms with E-state index in [1.807, 2.05) is 0 Å². The van der Waals surface area contributed by atoms with Crippen molar-refractivity contribution < 1.29 is 29.0 Å². The number of anilines is 1. The highest BCUT2D eigenvalue weighted by atomic mass is 35.5. The summed E-state index contributed by atoms with van der Waals surface area (Å²) < 4.78 is 31.9. The number of aromatic carboxylic acids is 1. The lowest BCUT2D eigenvalue weighted by atomic mass is 10.1. The summed E-state index contributed by atoms with van der Waals surface area (Å²) in [5.41, 5.74) is 3.75. The molecular weight excluding hydrogens is 450 g/mol. The molecule has 1 amide bonds. The molecule has 1 saturated heterocycles. The lowest BCUT2D eigenvalue weighted by Crippen LogP contribution is -2.45. The first-order valence-corrected chi connectivity index (χ1v) is 9.80. The molecule has 0 bridgehead atoms. The standard InChI is InChI=1S/C20H22F2N4O4.ClH.H2O/c1-9(23)19(28)24-10-4-5-25(7-10)17-14(21)6-12-16(15(17)22)26(11-2-3-11)8-13(18(12)27)20(29)30;;/h6,8-11H,2-5,7,23H2,1H3,(H,24,28)(H,29,30);1H;1H2/t9-,10-;;/m0../s1. The summed E-state index contributed by atoms with van der Waals surface area (Å²) in [5, 5.41) is 11.8. The third-order valence-electron chi connectivity index (χ3n) is 5.62. The van der Waals surface area contributed by atoms with Crippen molar-refractivity contribution in [1.82, 2.24) is 9.88 Å². The van der Waals surface area contributed by atoms with Crippen LogP contribution in [0.25, 0.3) is 10.9 Å². The molecule has 1 aromatic carbocycles. The largest absolute Gasteiger partial charge is 0.477 e. The average Bonchev–Trinajstić information content (AvgIpc) is 3.42. The third-order valence-corrected chi connectivity index (χ3v) is 5.62. The number of carbonyl (C=O) groups is 2. The van der Waals surface area contributed by atoms with Gasteiger partial charge in [-0.15, -0.1) is 12.4 Å². The number of nitrogens with two attached hydrogens (primary N) is 1. The zero-order valence-corrected chi connectivity index (χ0v) is 18.0. The van der Waals surface area contributed by atoms with Crippen LogP contribution in [0, 0.1) is 11.6 Å². The zero-order chi connectivity index (χ0) is 21.7. The van der Waals surface area contributed by atoms with Crippen molar-refractivity contribution in [2.75, 3.05) is 18.0 Å². The molecule has 176 valence electrons. The Balaban J connectivity index is 0.00000181. The van der Waals surface area contributed by atoms with Crippen LogP contribution in [0.2, 0.25) is 0 Å². The molecule has 1 aliphatic carbocycles. The van der Waals surface area contributed by atoms with Crippen molar-refractivity contribution in [3.05, 3.63) is 39.7 Å². The number of amides is 1. The average molecular weight is 475 g/mol. The number of rotatable bonds is 5. The van der Waals surface area contributed by atoms with Crippen LogP contribution in [0.15, 0.2) is 17.1 Å². The maximum absolute atomic E-state index is 15.6. The fraction of sp³-hybridized carbons (Fsp3) is 0.450. The first-order chi connectivity index (χ1) is 14.2. The van der Waals surface area contributed by atoms with E-state index in [0.29, 0.717) is 13.0 Å². The van der Waals surface area contributed by atoms with Gasteiger partial charge in [-0.3, -0.25) is 9.59 Å². The fourth-order valence-electron chi connectivity index (χ4n) is 3.93. The summed E-state index contributed by atoms with van der Waals surface area (Å²) in [6.45, 7) is 2.05. The summed E-state index contributed by atoms with van der Waals surface area (Å²) in [4.78, 5) is 37.3. The smallest absolute Gasteiger partial charge is 0.341 e. The molecule has 1 aliphatic heterocycles. The van der Waals surface area contributed by atoms with Crippen LogP contribution in [0.3, 0.4) is 0 Å². The number of aromatic nitrogens is 1. The number of carboxylic acid groups (broad SMARTS) is 1. The van der Waals surface area contributed by atoms with Crippen LogP contribution in [0.4, 0.5) is 14.5 Å². The van der Waals surface area contributed by atoms with E-state index in [4.69, 9.17) is 5.73 Å². The molecule has 9 nitrogen and oxygen atoms in total. The van der Waals surface area contributed by atoms with Crippen LogP contribution >= 0.6 is 12.4 Å². The monoisotopic (exact) mass is 474 g/mol. The van der Waals surface area contributed by atoms with Gasteiger partial charge in [0.15, 0.2) is 5.82 Å². The second-order valence-electron chi connectivity index (χ2n) is 7.96. The van der Waals surface area contributed by atoms with E-state index in [9.17, 15) is 23.9 Å². The molecule has 0 radical (unpaired) electrons. The SMILES string of the molecule is C[C@H](N)C(=O)N[C@H]1CCN(c2c(F)cc3c(=O)c(C(=O)O)cn(C4CC4)c3c2F)C1.Cl.O. The van der Waals surface area contributed by atoms with Gasteiger partial charge in [0.1, 0.15) is 17.1 Å². The Kier molecular flexibility index (Phi) is 7.48. The fourth-order valence-corrected chi connectivity index (χ4v) is 3.93. The van der Waals surface area contributed by atoms with Gasteiger partial charge in [-0.1, -0.05) is 0 Å². The molecule has 0 unspecified atom stereocenters. The summed E-state index contributed by atoms with van der Waals surface area (Å²) in [6, 6.07) is -0.215. The maximum atomic E-state index is 15.6. The molecule has 1 saturated carbocycles. The van der Waals surface area contributed by atoms with Crippen molar-refractivity contribution >= 4 is 40.9 Å². The van der Waals surface area contributed by atoms with Crippen molar-refractivity contribution in [2.24, 2.45) is 5.73 Å². The van der Waals surface area contributed by atoms with Gasteiger partial charge in [-0.05, 0) is 32.3 Å². The number of carbonyl (C=O) groups excluding carboxylic acids is 1. The molecule has 0 spiro atoms. The number of fused-ring (bicyclic) bond motifs is 1. The summed E-state index contributed by atoms with van der Waals surface area (Å²) in [6.07, 6.45) is 3.07. The van der Waals surface area contributed by atoms with Gasteiger partial charge in [0.05, 0.1) is 16.9 Å². The Morgan fingerprint density at radius 3 is 2.50 bits per heavy atom. The van der Waals surface area contributed by atoms with E-state index < -0.39 is 34.6 Å². The minimum absolute atomic E-state index is 0. The van der Waals surface area contributed by atoms with Crippen LogP contribution in [0.5, 0.6) is 0 Å². The molecule has 32 heavy (non-hydrogen) atoms. The number of hydrogen-bond acceptors (Lipinski definition) is 5. The number of nitrogens with one attached hydrogen (secondary N) is 1. The lowest BCUT2D eigenvalue weighted by molar-refractivity contribution is -0.122. The topological polar surface area (TPSA) is 149 Å². The molecule has 6 N–H and O–H groups in total. The predicted molar refractivity (Wildman–Crippen MR) is 117 cm³/mol. The van der Waals surface area contributed by atoms with E-state index in [1.54, 1.807) is 6.92 Å². The van der Waals surface area contributed by atoms with Gasteiger partial charge in [0, 0.05) is 31.4 Å². The molecule has 2 aliphatic rings. The summed E-state index contributed by atoms with van der Waals surface area (Å²) >= 11 is 0. The highest BCUT2D eigenvalue weighted by Gasteiger charge is 2.33. The van der Waals surface area contributed by atoms with E-state index in [-0.39, 0.29) is 59.0 Å². The number of nitrogens with zero attached hydrogens (tertiary/aromatic N) is 2. The van der Waals surface area contributed by atoms with E-state index >= 15 is 4.39 Å². The van der Waals surface area contributed by atoms with Crippen molar-refractivity contribution in [3.8, 4) is 0 Å². The minimum atomic E-state index is -1.44. The first kappa shape index (κ1) is 25.5. The molecule has 1 aromatic heterocycles. The number of halogens is 3. The second-order valence-corrected chi connectivity index (χ2v) is 7.96. The predicted octanol–water partition coefficient (Wildman–Crippen LogP) is 0.952. The maximum Gasteiger partial charge on any atom is 0.341 e. The second kappa shape index (κ2) is 9.39. The molecule has 12 heteroatoms. The summed E-state index contributed by atoms with van der Waals surface area (Å²) in [7, 11) is 0. The Morgan fingerprint density at radius 1 is 1.28 bits per heavy atom. The molecule has 2 aromatic rings. The van der Waals surface area contributed by atoms with E-state index in [1.165, 1.54) is 9.47 Å². The molecule has 4 rings (SSSR count). The van der Waals surface area contributed by atoms with Gasteiger partial charge >= 0.3 is 5.97 Å². The Morgan fingerprint density at radius 2 is 1.94 bits per heavy atom. The van der Waals surface area contributed by atoms with Crippen molar-refractivity contribution in [2.45, 2.75) is 44.3 Å². The number of benzene rings is 1. The Labute approximate surface area is 187 Å². The third kappa shape index (κ3) is 4.41. The quantitative estimate of drug-likeness (QED) is 0.587. The molecule has 2 atom stereocenters. The lowest BCUT2D eigenvalue weighted by Gasteiger charge is -2.23. The van der Waals surface area contributed by atoms with Gasteiger partial charge < -0.3 is 31.1 Å². The van der Waals surface area contributed by atoms with Gasteiger partial charge in [0.25, 0.3) is 0 Å². The van der Waals surface area contributed by atoms with E-state index in [0.717, 1.165) is 25.1 Å². The zero-order valence-electron chi connectivity index (χ0n) is 17.2. The number of hydrogen-bond donors (Lipinski definition) is 3.